The van der Waals surface area contributed by atoms with Gasteiger partial charge in [0, 0.05) is 50.0 Å². The molecular weight excluding hydrogens is 318 g/mol. The van der Waals surface area contributed by atoms with Gasteiger partial charge >= 0.3 is 0 Å². The monoisotopic (exact) mass is 337 g/mol. The lowest BCUT2D eigenvalue weighted by Crippen LogP contribution is -2.37. The van der Waals surface area contributed by atoms with Crippen molar-refractivity contribution in [3.8, 4) is 0 Å². The molecule has 7 heteroatoms. The third-order valence-corrected chi connectivity index (χ3v) is 4.40. The lowest BCUT2D eigenvalue weighted by molar-refractivity contribution is 0.0725. The molecule has 1 aliphatic heterocycles. The van der Waals surface area contributed by atoms with E-state index in [-0.39, 0.29) is 17.6 Å². The normalized spacial score (nSPS) is 18.2. The maximum Gasteiger partial charge on any atom is 0.291 e. The quantitative estimate of drug-likeness (QED) is 0.723. The number of hydrogen-bond donors (Lipinski definition) is 0. The number of ether oxygens (including phenoxy) is 1. The molecule has 3 aromatic heterocycles. The summed E-state index contributed by atoms with van der Waals surface area (Å²) in [6.07, 6.45) is 9.68. The molecule has 3 aromatic rings. The van der Waals surface area contributed by atoms with Gasteiger partial charge in [-0.05, 0) is 24.6 Å². The van der Waals surface area contributed by atoms with Gasteiger partial charge in [-0.2, -0.15) is 0 Å². The zero-order valence-electron chi connectivity index (χ0n) is 13.8. The molecule has 0 N–H and O–H groups in total. The summed E-state index contributed by atoms with van der Waals surface area (Å²) in [5.41, 5.74) is 2.11. The van der Waals surface area contributed by atoms with E-state index in [1.165, 1.54) is 0 Å². The van der Waals surface area contributed by atoms with E-state index in [0.717, 1.165) is 17.6 Å². The maximum absolute atomic E-state index is 12.6. The van der Waals surface area contributed by atoms with E-state index >= 15 is 0 Å². The summed E-state index contributed by atoms with van der Waals surface area (Å²) in [6, 6.07) is 5.77. The molecule has 1 fully saturated rings. The molecule has 25 heavy (non-hydrogen) atoms. The number of rotatable bonds is 3. The Kier molecular flexibility index (Phi) is 4.39. The third-order valence-electron chi connectivity index (χ3n) is 4.40. The Morgan fingerprint density at radius 1 is 1.16 bits per heavy atom. The molecule has 1 atom stereocenters. The van der Waals surface area contributed by atoms with Crippen LogP contribution in [-0.2, 0) is 11.2 Å². The largest absolute Gasteiger partial charge is 0.379 e. The molecule has 4 rings (SSSR count). The Balaban J connectivity index is 1.52. The number of hydrogen-bond acceptors (Lipinski definition) is 5. The van der Waals surface area contributed by atoms with E-state index < -0.39 is 0 Å². The fourth-order valence-electron chi connectivity index (χ4n) is 3.20. The lowest BCUT2D eigenvalue weighted by Gasteiger charge is -2.22. The van der Waals surface area contributed by atoms with Crippen molar-refractivity contribution < 1.29 is 9.53 Å². The van der Waals surface area contributed by atoms with Gasteiger partial charge < -0.3 is 14.0 Å². The molecule has 0 radical (unpaired) electrons. The van der Waals surface area contributed by atoms with Crippen molar-refractivity contribution in [2.45, 2.75) is 6.42 Å². The predicted molar refractivity (Wildman–Crippen MR) is 91.1 cm³/mol. The maximum atomic E-state index is 12.6. The first-order valence-electron chi connectivity index (χ1n) is 8.36. The zero-order chi connectivity index (χ0) is 17.1. The predicted octanol–water partition coefficient (Wildman–Crippen LogP) is 1.46. The summed E-state index contributed by atoms with van der Waals surface area (Å²) in [4.78, 5) is 27.1. The van der Waals surface area contributed by atoms with Gasteiger partial charge in [-0.3, -0.25) is 9.78 Å². The van der Waals surface area contributed by atoms with Crippen LogP contribution in [0, 0.1) is 5.92 Å². The molecular formula is C18H19N5O2. The molecule has 0 aliphatic carbocycles. The molecule has 0 bridgehead atoms. The molecule has 1 saturated heterocycles. The van der Waals surface area contributed by atoms with Crippen molar-refractivity contribution in [3.63, 3.8) is 0 Å². The second-order valence-corrected chi connectivity index (χ2v) is 6.14. The SMILES string of the molecule is O=C(c1ncccn1)N1CCOC[C@H](Cc2nccn3cccc23)C1. The van der Waals surface area contributed by atoms with Gasteiger partial charge in [-0.15, -0.1) is 0 Å². The Labute approximate surface area is 145 Å². The number of carbonyl (C=O) groups is 1. The molecule has 0 saturated carbocycles. The van der Waals surface area contributed by atoms with Crippen molar-refractivity contribution in [2.24, 2.45) is 5.92 Å². The Morgan fingerprint density at radius 2 is 2.04 bits per heavy atom. The highest BCUT2D eigenvalue weighted by molar-refractivity contribution is 5.90. The van der Waals surface area contributed by atoms with Crippen LogP contribution in [0.4, 0.5) is 0 Å². The number of aromatic nitrogens is 4. The molecule has 0 spiro atoms. The van der Waals surface area contributed by atoms with E-state index in [1.54, 1.807) is 29.6 Å². The molecule has 0 aromatic carbocycles. The first kappa shape index (κ1) is 15.7. The van der Waals surface area contributed by atoms with Gasteiger partial charge in [-0.1, -0.05) is 0 Å². The van der Waals surface area contributed by atoms with Crippen LogP contribution in [0.15, 0.2) is 49.2 Å². The van der Waals surface area contributed by atoms with Crippen molar-refractivity contribution >= 4 is 11.4 Å². The first-order chi connectivity index (χ1) is 12.3. The minimum absolute atomic E-state index is 0.148. The van der Waals surface area contributed by atoms with Gasteiger partial charge in [-0.25, -0.2) is 9.97 Å². The van der Waals surface area contributed by atoms with Crippen LogP contribution in [0.2, 0.25) is 0 Å². The first-order valence-corrected chi connectivity index (χ1v) is 8.36. The highest BCUT2D eigenvalue weighted by atomic mass is 16.5. The summed E-state index contributed by atoms with van der Waals surface area (Å²) in [5.74, 6) is 0.267. The molecule has 128 valence electrons. The summed E-state index contributed by atoms with van der Waals surface area (Å²) in [7, 11) is 0. The number of nitrogens with zero attached hydrogens (tertiary/aromatic N) is 5. The van der Waals surface area contributed by atoms with Crippen LogP contribution in [-0.4, -0.2) is 56.5 Å². The van der Waals surface area contributed by atoms with Crippen LogP contribution in [0.5, 0.6) is 0 Å². The van der Waals surface area contributed by atoms with Crippen LogP contribution < -0.4 is 0 Å². The van der Waals surface area contributed by atoms with Gasteiger partial charge in [0.1, 0.15) is 0 Å². The molecule has 4 heterocycles. The average molecular weight is 337 g/mol. The fourth-order valence-corrected chi connectivity index (χ4v) is 3.20. The van der Waals surface area contributed by atoms with E-state index in [0.29, 0.717) is 26.3 Å². The smallest absolute Gasteiger partial charge is 0.291 e. The summed E-state index contributed by atoms with van der Waals surface area (Å²) >= 11 is 0. The van der Waals surface area contributed by atoms with E-state index in [4.69, 9.17) is 4.74 Å². The van der Waals surface area contributed by atoms with E-state index in [1.807, 2.05) is 18.5 Å². The van der Waals surface area contributed by atoms with Gasteiger partial charge in [0.15, 0.2) is 0 Å². The highest BCUT2D eigenvalue weighted by Gasteiger charge is 2.25. The molecule has 1 amide bonds. The second-order valence-electron chi connectivity index (χ2n) is 6.14. The third kappa shape index (κ3) is 3.36. The van der Waals surface area contributed by atoms with Gasteiger partial charge in [0.25, 0.3) is 5.91 Å². The minimum Gasteiger partial charge on any atom is -0.379 e. The van der Waals surface area contributed by atoms with Crippen molar-refractivity contribution in [2.75, 3.05) is 26.3 Å². The van der Waals surface area contributed by atoms with Gasteiger partial charge in [0.05, 0.1) is 24.4 Å². The highest BCUT2D eigenvalue weighted by Crippen LogP contribution is 2.17. The summed E-state index contributed by atoms with van der Waals surface area (Å²) in [6.45, 7) is 2.30. The van der Waals surface area contributed by atoms with E-state index in [9.17, 15) is 4.79 Å². The number of fused-ring (bicyclic) bond motifs is 1. The number of carbonyl (C=O) groups excluding carboxylic acids is 1. The topological polar surface area (TPSA) is 72.6 Å². The van der Waals surface area contributed by atoms with Crippen LogP contribution in [0.3, 0.4) is 0 Å². The standard InChI is InChI=1S/C18H19N5O2/c24-18(17-20-4-2-5-21-17)23-9-10-25-13-14(12-23)11-15-16-3-1-7-22(16)8-6-19-15/h1-8,14H,9-13H2/t14-/m1/s1. The molecule has 0 unspecified atom stereocenters. The Bertz CT molecular complexity index is 864. The summed E-state index contributed by atoms with van der Waals surface area (Å²) in [5, 5.41) is 0. The van der Waals surface area contributed by atoms with Crippen molar-refractivity contribution in [1.29, 1.82) is 0 Å². The average Bonchev–Trinajstić information content (AvgIpc) is 3.02. The summed E-state index contributed by atoms with van der Waals surface area (Å²) < 4.78 is 7.78. The fraction of sp³-hybridized carbons (Fsp3) is 0.333. The molecule has 1 aliphatic rings. The molecule has 7 nitrogen and oxygen atoms in total. The van der Waals surface area contributed by atoms with Crippen LogP contribution in [0.1, 0.15) is 16.3 Å². The zero-order valence-corrected chi connectivity index (χ0v) is 13.8. The lowest BCUT2D eigenvalue weighted by atomic mass is 10.0. The van der Waals surface area contributed by atoms with Crippen molar-refractivity contribution in [1.82, 2.24) is 24.3 Å². The van der Waals surface area contributed by atoms with E-state index in [2.05, 4.69) is 25.4 Å². The number of amides is 1. The van der Waals surface area contributed by atoms with Crippen LogP contribution >= 0.6 is 0 Å². The Morgan fingerprint density at radius 3 is 2.92 bits per heavy atom. The minimum atomic E-state index is -0.148. The van der Waals surface area contributed by atoms with Gasteiger partial charge in [0.2, 0.25) is 5.82 Å². The Hall–Kier alpha value is -2.80. The van der Waals surface area contributed by atoms with Crippen LogP contribution in [0.25, 0.3) is 5.52 Å². The second kappa shape index (κ2) is 6.98. The van der Waals surface area contributed by atoms with Crippen molar-refractivity contribution in [3.05, 3.63) is 60.7 Å².